The molecule has 1 aliphatic heterocycles. The van der Waals surface area contributed by atoms with Gasteiger partial charge in [-0.1, -0.05) is 6.92 Å². The third-order valence-electron chi connectivity index (χ3n) is 3.07. The van der Waals surface area contributed by atoms with Crippen molar-refractivity contribution in [3.63, 3.8) is 0 Å². The molecular formula is C11H19N5. The largest absolute Gasteiger partial charge is 0.354 e. The lowest BCUT2D eigenvalue weighted by molar-refractivity contribution is 0.722. The second kappa shape index (κ2) is 4.65. The predicted octanol–water partition coefficient (Wildman–Crippen LogP) is 1.31. The Morgan fingerprint density at radius 1 is 1.56 bits per heavy atom. The first-order valence-corrected chi connectivity index (χ1v) is 5.85. The highest BCUT2D eigenvalue weighted by atomic mass is 15.3. The number of hydrogen-bond donors (Lipinski definition) is 2. The number of rotatable bonds is 3. The maximum absolute atomic E-state index is 5.42. The van der Waals surface area contributed by atoms with Gasteiger partial charge in [-0.15, -0.1) is 0 Å². The average Bonchev–Trinajstić information content (AvgIpc) is 2.74. The van der Waals surface area contributed by atoms with Crippen LogP contribution in [0.25, 0.3) is 0 Å². The van der Waals surface area contributed by atoms with E-state index in [0.29, 0.717) is 11.9 Å². The Labute approximate surface area is 96.0 Å². The molecule has 1 aromatic rings. The van der Waals surface area contributed by atoms with E-state index in [2.05, 4.69) is 27.2 Å². The molecule has 0 amide bonds. The summed E-state index contributed by atoms with van der Waals surface area (Å²) in [5.41, 5.74) is 2.60. The molecule has 0 aliphatic carbocycles. The Balaban J connectivity index is 2.31. The minimum Gasteiger partial charge on any atom is -0.354 e. The van der Waals surface area contributed by atoms with E-state index in [4.69, 9.17) is 5.84 Å². The molecule has 1 atom stereocenters. The van der Waals surface area contributed by atoms with E-state index in [1.165, 1.54) is 12.8 Å². The van der Waals surface area contributed by atoms with Crippen LogP contribution in [0.4, 0.5) is 11.6 Å². The molecule has 0 radical (unpaired) electrons. The number of hydrazine groups is 1. The minimum atomic E-state index is 0.560. The molecule has 1 fully saturated rings. The van der Waals surface area contributed by atoms with Crippen LogP contribution in [0, 0.1) is 0 Å². The van der Waals surface area contributed by atoms with Crippen molar-refractivity contribution in [3.8, 4) is 0 Å². The van der Waals surface area contributed by atoms with Gasteiger partial charge in [-0.2, -0.15) is 0 Å². The highest BCUT2D eigenvalue weighted by Gasteiger charge is 2.22. The summed E-state index contributed by atoms with van der Waals surface area (Å²) in [6, 6.07) is 2.48. The highest BCUT2D eigenvalue weighted by molar-refractivity contribution is 5.50. The minimum absolute atomic E-state index is 0.560. The van der Waals surface area contributed by atoms with Gasteiger partial charge >= 0.3 is 0 Å². The van der Waals surface area contributed by atoms with Gasteiger partial charge in [0.15, 0.2) is 0 Å². The molecule has 0 bridgehead atoms. The fourth-order valence-corrected chi connectivity index (χ4v) is 2.14. The summed E-state index contributed by atoms with van der Waals surface area (Å²) in [4.78, 5) is 11.2. The average molecular weight is 221 g/mol. The van der Waals surface area contributed by atoms with Gasteiger partial charge in [0.1, 0.15) is 17.5 Å². The summed E-state index contributed by atoms with van der Waals surface area (Å²) in [7, 11) is 0. The molecule has 16 heavy (non-hydrogen) atoms. The molecule has 2 heterocycles. The first-order valence-electron chi connectivity index (χ1n) is 5.85. The molecule has 1 unspecified atom stereocenters. The fraction of sp³-hybridized carbons (Fsp3) is 0.636. The zero-order valence-electron chi connectivity index (χ0n) is 9.90. The fourth-order valence-electron chi connectivity index (χ4n) is 2.14. The van der Waals surface area contributed by atoms with E-state index < -0.39 is 0 Å². The summed E-state index contributed by atoms with van der Waals surface area (Å²) >= 11 is 0. The van der Waals surface area contributed by atoms with E-state index in [0.717, 1.165) is 24.6 Å². The summed E-state index contributed by atoms with van der Waals surface area (Å²) in [5, 5.41) is 0. The first kappa shape index (κ1) is 11.1. The number of nitrogens with one attached hydrogen (secondary N) is 1. The first-order chi connectivity index (χ1) is 7.74. The predicted molar refractivity (Wildman–Crippen MR) is 65.3 cm³/mol. The highest BCUT2D eigenvalue weighted by Crippen LogP contribution is 2.25. The van der Waals surface area contributed by atoms with E-state index >= 15 is 0 Å². The number of nitrogen functional groups attached to an aromatic ring is 1. The molecule has 0 spiro atoms. The van der Waals surface area contributed by atoms with Crippen molar-refractivity contribution in [1.82, 2.24) is 9.97 Å². The van der Waals surface area contributed by atoms with Crippen molar-refractivity contribution in [2.45, 2.75) is 39.2 Å². The summed E-state index contributed by atoms with van der Waals surface area (Å²) in [6.07, 6.45) is 3.29. The monoisotopic (exact) mass is 221 g/mol. The van der Waals surface area contributed by atoms with E-state index in [-0.39, 0.29) is 0 Å². The van der Waals surface area contributed by atoms with Gasteiger partial charge in [-0.25, -0.2) is 15.8 Å². The lowest BCUT2D eigenvalue weighted by Crippen LogP contribution is -2.28. The summed E-state index contributed by atoms with van der Waals surface area (Å²) in [6.45, 7) is 5.36. The zero-order valence-corrected chi connectivity index (χ0v) is 9.90. The standard InChI is InChI=1S/C11H19N5/c1-3-9-13-10(15-12)7-11(14-9)16-6-4-5-8(16)2/h7-8H,3-6,12H2,1-2H3,(H,13,14,15). The molecule has 1 aromatic heterocycles. The van der Waals surface area contributed by atoms with Crippen LogP contribution in [-0.2, 0) is 6.42 Å². The molecule has 88 valence electrons. The normalized spacial score (nSPS) is 20.2. The topological polar surface area (TPSA) is 67.1 Å². The molecule has 0 saturated carbocycles. The van der Waals surface area contributed by atoms with Gasteiger partial charge in [0.2, 0.25) is 0 Å². The molecular weight excluding hydrogens is 202 g/mol. The second-order valence-corrected chi connectivity index (χ2v) is 4.21. The lowest BCUT2D eigenvalue weighted by atomic mass is 10.2. The Morgan fingerprint density at radius 3 is 2.94 bits per heavy atom. The van der Waals surface area contributed by atoms with Crippen LogP contribution in [0.1, 0.15) is 32.5 Å². The van der Waals surface area contributed by atoms with Gasteiger partial charge in [0, 0.05) is 25.1 Å². The number of nitrogens with zero attached hydrogens (tertiary/aromatic N) is 3. The Bertz CT molecular complexity index is 343. The van der Waals surface area contributed by atoms with Gasteiger partial charge in [0.05, 0.1) is 0 Å². The number of nitrogens with two attached hydrogens (primary N) is 1. The van der Waals surface area contributed by atoms with Gasteiger partial charge < -0.3 is 10.3 Å². The van der Waals surface area contributed by atoms with Gasteiger partial charge in [-0.3, -0.25) is 0 Å². The van der Waals surface area contributed by atoms with Crippen LogP contribution in [0.5, 0.6) is 0 Å². The van der Waals surface area contributed by atoms with Gasteiger partial charge in [0.25, 0.3) is 0 Å². The Hall–Kier alpha value is -1.36. The maximum Gasteiger partial charge on any atom is 0.145 e. The Morgan fingerprint density at radius 2 is 2.38 bits per heavy atom. The number of hydrogen-bond acceptors (Lipinski definition) is 5. The van der Waals surface area contributed by atoms with E-state index in [9.17, 15) is 0 Å². The van der Waals surface area contributed by atoms with Crippen molar-refractivity contribution >= 4 is 11.6 Å². The maximum atomic E-state index is 5.42. The molecule has 5 nitrogen and oxygen atoms in total. The molecule has 5 heteroatoms. The van der Waals surface area contributed by atoms with Crippen LogP contribution in [0.3, 0.4) is 0 Å². The van der Waals surface area contributed by atoms with Crippen molar-refractivity contribution in [1.29, 1.82) is 0 Å². The van der Waals surface area contributed by atoms with Crippen molar-refractivity contribution in [2.24, 2.45) is 5.84 Å². The summed E-state index contributed by atoms with van der Waals surface area (Å²) < 4.78 is 0. The second-order valence-electron chi connectivity index (χ2n) is 4.21. The van der Waals surface area contributed by atoms with Gasteiger partial charge in [-0.05, 0) is 19.8 Å². The lowest BCUT2D eigenvalue weighted by Gasteiger charge is -2.23. The van der Waals surface area contributed by atoms with Crippen LogP contribution in [-0.4, -0.2) is 22.6 Å². The Kier molecular flexibility index (Phi) is 3.24. The number of aryl methyl sites for hydroxylation is 1. The van der Waals surface area contributed by atoms with Crippen molar-refractivity contribution in [2.75, 3.05) is 16.9 Å². The van der Waals surface area contributed by atoms with Crippen LogP contribution in [0.15, 0.2) is 6.07 Å². The quantitative estimate of drug-likeness (QED) is 0.595. The number of aromatic nitrogens is 2. The molecule has 2 rings (SSSR count). The van der Waals surface area contributed by atoms with Crippen molar-refractivity contribution < 1.29 is 0 Å². The van der Waals surface area contributed by atoms with Crippen LogP contribution in [0.2, 0.25) is 0 Å². The van der Waals surface area contributed by atoms with E-state index in [1.54, 1.807) is 0 Å². The third kappa shape index (κ3) is 2.09. The van der Waals surface area contributed by atoms with Crippen LogP contribution >= 0.6 is 0 Å². The zero-order chi connectivity index (χ0) is 11.5. The number of anilines is 2. The molecule has 1 aliphatic rings. The van der Waals surface area contributed by atoms with Crippen molar-refractivity contribution in [3.05, 3.63) is 11.9 Å². The molecule has 0 aromatic carbocycles. The van der Waals surface area contributed by atoms with Crippen LogP contribution < -0.4 is 16.2 Å². The smallest absolute Gasteiger partial charge is 0.145 e. The molecule has 1 saturated heterocycles. The third-order valence-corrected chi connectivity index (χ3v) is 3.07. The SMILES string of the molecule is CCc1nc(NN)cc(N2CCCC2C)n1. The summed E-state index contributed by atoms with van der Waals surface area (Å²) in [5.74, 6) is 7.94. The van der Waals surface area contributed by atoms with E-state index in [1.807, 2.05) is 13.0 Å². The molecule has 3 N–H and O–H groups in total.